The van der Waals surface area contributed by atoms with E-state index in [9.17, 15) is 22.8 Å². The third-order valence-electron chi connectivity index (χ3n) is 5.79. The molecular weight excluding hydrogens is 435 g/mol. The van der Waals surface area contributed by atoms with Gasteiger partial charge in [-0.25, -0.2) is 0 Å². The van der Waals surface area contributed by atoms with Gasteiger partial charge in [0.15, 0.2) is 5.49 Å². The molecule has 0 atom stereocenters. The van der Waals surface area contributed by atoms with Crippen LogP contribution in [-0.2, 0) is 19.1 Å². The number of amides is 1. The molecule has 3 aromatic rings. The molecule has 10 heteroatoms. The third kappa shape index (κ3) is 4.08. The molecule has 0 radical (unpaired) electrons. The Kier molecular flexibility index (Phi) is 5.69. The monoisotopic (exact) mass is 457 g/mol. The molecule has 1 aliphatic heterocycles. The van der Waals surface area contributed by atoms with Crippen LogP contribution in [0.1, 0.15) is 46.8 Å². The van der Waals surface area contributed by atoms with E-state index in [-0.39, 0.29) is 47.9 Å². The number of benzene rings is 2. The highest BCUT2D eigenvalue weighted by molar-refractivity contribution is 5.99. The first-order chi connectivity index (χ1) is 15.6. The lowest BCUT2D eigenvalue weighted by Gasteiger charge is -2.30. The summed E-state index contributed by atoms with van der Waals surface area (Å²) < 4.78 is 41.2. The first kappa shape index (κ1) is 22.5. The van der Waals surface area contributed by atoms with Crippen LogP contribution < -0.4 is 11.0 Å². The molecule has 0 bridgehead atoms. The Morgan fingerprint density at radius 2 is 1.97 bits per heavy atom. The highest BCUT2D eigenvalue weighted by atomic mass is 19.4. The van der Waals surface area contributed by atoms with Gasteiger partial charge in [0.1, 0.15) is 5.84 Å². The van der Waals surface area contributed by atoms with E-state index in [1.807, 2.05) is 6.92 Å². The largest absolute Gasteiger partial charge is 0.416 e. The number of aromatic amines is 1. The van der Waals surface area contributed by atoms with Crippen molar-refractivity contribution in [3.8, 4) is 0 Å². The number of aromatic nitrogens is 2. The lowest BCUT2D eigenvalue weighted by molar-refractivity contribution is -0.138. The highest BCUT2D eigenvalue weighted by Gasteiger charge is 2.35. The van der Waals surface area contributed by atoms with Crippen molar-refractivity contribution in [2.75, 3.05) is 6.54 Å². The Morgan fingerprint density at radius 3 is 2.67 bits per heavy atom. The quantitative estimate of drug-likeness (QED) is 0.413. The fourth-order valence-corrected chi connectivity index (χ4v) is 4.23. The summed E-state index contributed by atoms with van der Waals surface area (Å²) in [4.78, 5) is 29.4. The number of hydrogen-bond donors (Lipinski definition) is 3. The van der Waals surface area contributed by atoms with Gasteiger partial charge in [0, 0.05) is 25.1 Å². The van der Waals surface area contributed by atoms with Crippen LogP contribution in [0.4, 0.5) is 13.2 Å². The second kappa shape index (κ2) is 8.34. The highest BCUT2D eigenvalue weighted by Crippen LogP contribution is 2.35. The predicted molar refractivity (Wildman–Crippen MR) is 116 cm³/mol. The molecule has 0 aliphatic carbocycles. The van der Waals surface area contributed by atoms with E-state index in [1.165, 1.54) is 21.6 Å². The van der Waals surface area contributed by atoms with Crippen molar-refractivity contribution in [1.82, 2.24) is 14.5 Å². The lowest BCUT2D eigenvalue weighted by atomic mass is 9.94. The summed E-state index contributed by atoms with van der Waals surface area (Å²) in [6.07, 6.45) is -3.30. The summed E-state index contributed by atoms with van der Waals surface area (Å²) in [5.74, 6) is -0.267. The predicted octanol–water partition coefficient (Wildman–Crippen LogP) is 3.65. The zero-order valence-corrected chi connectivity index (χ0v) is 17.8. The van der Waals surface area contributed by atoms with Crippen molar-refractivity contribution in [2.24, 2.45) is 0 Å². The summed E-state index contributed by atoms with van der Waals surface area (Å²) in [5.41, 5.74) is -0.0419. The van der Waals surface area contributed by atoms with Crippen molar-refractivity contribution < 1.29 is 18.0 Å². The zero-order valence-electron chi connectivity index (χ0n) is 17.8. The number of fused-ring (bicyclic) bond motifs is 2. The molecule has 0 fully saturated rings. The minimum atomic E-state index is -4.45. The van der Waals surface area contributed by atoms with Crippen LogP contribution in [0.5, 0.6) is 0 Å². The molecule has 1 aromatic heterocycles. The minimum Gasteiger partial charge on any atom is -0.334 e. The number of halogens is 3. The Bertz CT molecular complexity index is 1390. The average molecular weight is 457 g/mol. The van der Waals surface area contributed by atoms with Crippen molar-refractivity contribution in [3.63, 3.8) is 0 Å². The Labute approximate surface area is 186 Å². The normalized spacial score (nSPS) is 13.8. The van der Waals surface area contributed by atoms with Crippen molar-refractivity contribution >= 4 is 22.8 Å². The fraction of sp³-hybridized carbons (Fsp3) is 0.304. The smallest absolute Gasteiger partial charge is 0.334 e. The van der Waals surface area contributed by atoms with Crippen LogP contribution in [0.3, 0.4) is 0 Å². The summed E-state index contributed by atoms with van der Waals surface area (Å²) in [6.45, 7) is 2.08. The first-order valence-corrected chi connectivity index (χ1v) is 10.5. The van der Waals surface area contributed by atoms with Crippen LogP contribution in [0.15, 0.2) is 41.2 Å². The van der Waals surface area contributed by atoms with E-state index in [0.29, 0.717) is 29.4 Å². The molecule has 4 rings (SSSR count). The van der Waals surface area contributed by atoms with E-state index in [4.69, 9.17) is 10.8 Å². The number of nitrogens with one attached hydrogen (secondary N) is 3. The summed E-state index contributed by atoms with van der Waals surface area (Å²) in [7, 11) is 0. The van der Waals surface area contributed by atoms with Crippen molar-refractivity contribution in [3.05, 3.63) is 74.5 Å². The third-order valence-corrected chi connectivity index (χ3v) is 5.79. The molecule has 172 valence electrons. The first-order valence-electron chi connectivity index (χ1n) is 10.5. The molecule has 7 nitrogen and oxygen atoms in total. The van der Waals surface area contributed by atoms with Gasteiger partial charge in [0.2, 0.25) is 0 Å². The SMILES string of the molecule is CCCC(=N)n1c(=N)c(=O)[nH]c2cc(C(=O)N3CCc4c(cccc4C(F)(F)F)C3)ccc21. The van der Waals surface area contributed by atoms with Gasteiger partial charge in [-0.05, 0) is 48.2 Å². The molecule has 0 unspecified atom stereocenters. The standard InChI is InChI=1S/C23H22F3N5O2/c1-2-4-19(27)31-18-8-7-13(11-17(18)29-21(32)20(31)28)22(33)30-10-9-15-14(12-30)5-3-6-16(15)23(24,25)26/h3,5-8,11,27-28H,2,4,9-10,12H2,1H3,(H,29,32). The number of carbonyl (C=O) groups is 1. The second-order valence-corrected chi connectivity index (χ2v) is 7.98. The van der Waals surface area contributed by atoms with Gasteiger partial charge in [-0.2, -0.15) is 13.2 Å². The molecule has 2 aromatic carbocycles. The number of nitrogens with zero attached hydrogens (tertiary/aromatic N) is 2. The summed E-state index contributed by atoms with van der Waals surface area (Å²) in [5, 5.41) is 16.3. The van der Waals surface area contributed by atoms with Crippen LogP contribution in [0, 0.1) is 10.8 Å². The van der Waals surface area contributed by atoms with E-state index < -0.39 is 17.3 Å². The zero-order chi connectivity index (χ0) is 23.9. The van der Waals surface area contributed by atoms with Gasteiger partial charge in [0.05, 0.1) is 16.6 Å². The van der Waals surface area contributed by atoms with Gasteiger partial charge in [-0.1, -0.05) is 19.1 Å². The number of carbonyl (C=O) groups excluding carboxylic acids is 1. The maximum Gasteiger partial charge on any atom is 0.416 e. The number of alkyl halides is 3. The molecule has 1 aliphatic rings. The lowest BCUT2D eigenvalue weighted by Crippen LogP contribution is -2.40. The van der Waals surface area contributed by atoms with Gasteiger partial charge in [-0.15, -0.1) is 0 Å². The van der Waals surface area contributed by atoms with Crippen LogP contribution in [0.2, 0.25) is 0 Å². The fourth-order valence-electron chi connectivity index (χ4n) is 4.23. The molecule has 0 saturated carbocycles. The van der Waals surface area contributed by atoms with E-state index in [1.54, 1.807) is 18.2 Å². The topological polar surface area (TPSA) is 106 Å². The van der Waals surface area contributed by atoms with Gasteiger partial charge < -0.3 is 9.88 Å². The maximum atomic E-state index is 13.3. The Hall–Kier alpha value is -3.69. The van der Waals surface area contributed by atoms with E-state index >= 15 is 0 Å². The summed E-state index contributed by atoms with van der Waals surface area (Å²) >= 11 is 0. The number of H-pyrrole nitrogens is 1. The Balaban J connectivity index is 1.69. The molecule has 2 heterocycles. The number of rotatable bonds is 3. The number of hydrogen-bond acceptors (Lipinski definition) is 4. The minimum absolute atomic E-state index is 0.0550. The van der Waals surface area contributed by atoms with Crippen molar-refractivity contribution in [2.45, 2.75) is 38.9 Å². The van der Waals surface area contributed by atoms with Gasteiger partial charge in [-0.3, -0.25) is 25.0 Å². The molecule has 0 spiro atoms. The molecule has 1 amide bonds. The molecular formula is C23H22F3N5O2. The second-order valence-electron chi connectivity index (χ2n) is 7.98. The van der Waals surface area contributed by atoms with Gasteiger partial charge in [0.25, 0.3) is 11.5 Å². The van der Waals surface area contributed by atoms with E-state index in [2.05, 4.69) is 4.98 Å². The summed E-state index contributed by atoms with van der Waals surface area (Å²) in [6, 6.07) is 8.59. The van der Waals surface area contributed by atoms with Crippen LogP contribution in [-0.4, -0.2) is 32.7 Å². The average Bonchev–Trinajstić information content (AvgIpc) is 2.77. The van der Waals surface area contributed by atoms with Crippen LogP contribution in [0.25, 0.3) is 11.0 Å². The van der Waals surface area contributed by atoms with Crippen molar-refractivity contribution in [1.29, 1.82) is 10.8 Å². The molecule has 33 heavy (non-hydrogen) atoms. The van der Waals surface area contributed by atoms with Crippen LogP contribution >= 0.6 is 0 Å². The molecule has 3 N–H and O–H groups in total. The maximum absolute atomic E-state index is 13.3. The Morgan fingerprint density at radius 1 is 1.21 bits per heavy atom. The molecule has 0 saturated heterocycles. The van der Waals surface area contributed by atoms with Gasteiger partial charge >= 0.3 is 6.18 Å². The van der Waals surface area contributed by atoms with E-state index in [0.717, 1.165) is 6.07 Å².